The first-order chi connectivity index (χ1) is 9.74. The van der Waals surface area contributed by atoms with Crippen molar-refractivity contribution in [3.63, 3.8) is 0 Å². The molecule has 3 nitrogen and oxygen atoms in total. The molecule has 0 fully saturated rings. The van der Waals surface area contributed by atoms with E-state index in [0.717, 1.165) is 36.5 Å². The van der Waals surface area contributed by atoms with E-state index >= 15 is 0 Å². The SMILES string of the molecule is C=CCN(CC=C)Cc1coc(-c2ccccc2C)n1. The van der Waals surface area contributed by atoms with Crippen molar-refractivity contribution in [1.29, 1.82) is 0 Å². The van der Waals surface area contributed by atoms with E-state index in [0.29, 0.717) is 5.89 Å². The second kappa shape index (κ2) is 6.87. The van der Waals surface area contributed by atoms with E-state index in [1.807, 2.05) is 30.4 Å². The number of hydrogen-bond acceptors (Lipinski definition) is 3. The lowest BCUT2D eigenvalue weighted by Gasteiger charge is -2.16. The van der Waals surface area contributed by atoms with Crippen LogP contribution in [0.15, 0.2) is 60.3 Å². The Bertz CT molecular complexity index is 576. The van der Waals surface area contributed by atoms with E-state index in [4.69, 9.17) is 4.42 Å². The number of nitrogens with zero attached hydrogens (tertiary/aromatic N) is 2. The number of oxazole rings is 1. The minimum atomic E-state index is 0.676. The van der Waals surface area contributed by atoms with E-state index < -0.39 is 0 Å². The zero-order valence-electron chi connectivity index (χ0n) is 11.9. The number of rotatable bonds is 7. The summed E-state index contributed by atoms with van der Waals surface area (Å²) in [5.41, 5.74) is 3.12. The summed E-state index contributed by atoms with van der Waals surface area (Å²) in [5.74, 6) is 0.676. The summed E-state index contributed by atoms with van der Waals surface area (Å²) in [6.07, 6.45) is 5.48. The summed E-state index contributed by atoms with van der Waals surface area (Å²) in [6, 6.07) is 8.09. The van der Waals surface area contributed by atoms with Crippen LogP contribution in [0.2, 0.25) is 0 Å². The van der Waals surface area contributed by atoms with Crippen molar-refractivity contribution < 1.29 is 4.42 Å². The van der Waals surface area contributed by atoms with E-state index in [1.165, 1.54) is 0 Å². The molecule has 2 rings (SSSR count). The minimum Gasteiger partial charge on any atom is -0.444 e. The minimum absolute atomic E-state index is 0.676. The zero-order chi connectivity index (χ0) is 14.4. The highest BCUT2D eigenvalue weighted by atomic mass is 16.3. The van der Waals surface area contributed by atoms with Gasteiger partial charge in [-0.25, -0.2) is 4.98 Å². The first kappa shape index (κ1) is 14.3. The van der Waals surface area contributed by atoms with Crippen LogP contribution in [0, 0.1) is 6.92 Å². The average Bonchev–Trinajstić information content (AvgIpc) is 2.88. The molecule has 0 aliphatic carbocycles. The van der Waals surface area contributed by atoms with Crippen LogP contribution in [0.25, 0.3) is 11.5 Å². The van der Waals surface area contributed by atoms with Gasteiger partial charge in [-0.15, -0.1) is 13.2 Å². The molecule has 0 radical (unpaired) electrons. The molecule has 0 aliphatic heterocycles. The molecule has 1 heterocycles. The number of aromatic nitrogens is 1. The molecule has 0 N–H and O–H groups in total. The van der Waals surface area contributed by atoms with Gasteiger partial charge in [0, 0.05) is 25.2 Å². The molecule has 104 valence electrons. The van der Waals surface area contributed by atoms with Crippen molar-refractivity contribution in [2.45, 2.75) is 13.5 Å². The van der Waals surface area contributed by atoms with Crippen LogP contribution in [0.5, 0.6) is 0 Å². The fraction of sp³-hybridized carbons (Fsp3) is 0.235. The number of hydrogen-bond donors (Lipinski definition) is 0. The molecule has 0 unspecified atom stereocenters. The van der Waals surface area contributed by atoms with Gasteiger partial charge in [0.15, 0.2) is 0 Å². The predicted octanol–water partition coefficient (Wildman–Crippen LogP) is 3.82. The van der Waals surface area contributed by atoms with Gasteiger partial charge >= 0.3 is 0 Å². The molecular weight excluding hydrogens is 248 g/mol. The third-order valence-electron chi connectivity index (χ3n) is 3.09. The maximum Gasteiger partial charge on any atom is 0.226 e. The molecule has 3 heteroatoms. The lowest BCUT2D eigenvalue weighted by atomic mass is 10.1. The van der Waals surface area contributed by atoms with E-state index in [1.54, 1.807) is 6.26 Å². The second-order valence-corrected chi connectivity index (χ2v) is 4.73. The molecule has 0 saturated carbocycles. The van der Waals surface area contributed by atoms with Crippen LogP contribution in [0.3, 0.4) is 0 Å². The normalized spacial score (nSPS) is 10.7. The van der Waals surface area contributed by atoms with Crippen molar-refractivity contribution in [2.75, 3.05) is 13.1 Å². The van der Waals surface area contributed by atoms with Gasteiger partial charge in [0.1, 0.15) is 6.26 Å². The van der Waals surface area contributed by atoms with Gasteiger partial charge in [-0.3, -0.25) is 4.90 Å². The van der Waals surface area contributed by atoms with Crippen molar-refractivity contribution in [1.82, 2.24) is 9.88 Å². The standard InChI is InChI=1S/C17H20N2O/c1-4-10-19(11-5-2)12-15-13-20-17(18-15)16-9-7-6-8-14(16)3/h4-9,13H,1-2,10-12H2,3H3. The average molecular weight is 268 g/mol. The fourth-order valence-corrected chi connectivity index (χ4v) is 2.11. The topological polar surface area (TPSA) is 29.3 Å². The Kier molecular flexibility index (Phi) is 4.91. The zero-order valence-corrected chi connectivity index (χ0v) is 11.9. The Morgan fingerprint density at radius 2 is 1.90 bits per heavy atom. The lowest BCUT2D eigenvalue weighted by molar-refractivity contribution is 0.323. The van der Waals surface area contributed by atoms with Gasteiger partial charge < -0.3 is 4.42 Å². The van der Waals surface area contributed by atoms with Crippen molar-refractivity contribution in [3.05, 3.63) is 67.1 Å². The first-order valence-electron chi connectivity index (χ1n) is 6.69. The van der Waals surface area contributed by atoms with Gasteiger partial charge in [-0.05, 0) is 18.6 Å². The van der Waals surface area contributed by atoms with Crippen LogP contribution in [0.4, 0.5) is 0 Å². The molecule has 2 aromatic rings. The maximum absolute atomic E-state index is 5.60. The van der Waals surface area contributed by atoms with Crippen LogP contribution < -0.4 is 0 Å². The summed E-state index contributed by atoms with van der Waals surface area (Å²) in [6.45, 7) is 11.9. The Morgan fingerprint density at radius 3 is 2.55 bits per heavy atom. The summed E-state index contributed by atoms with van der Waals surface area (Å²) in [4.78, 5) is 6.76. The second-order valence-electron chi connectivity index (χ2n) is 4.73. The Labute approximate surface area is 120 Å². The van der Waals surface area contributed by atoms with Crippen molar-refractivity contribution in [2.24, 2.45) is 0 Å². The third-order valence-corrected chi connectivity index (χ3v) is 3.09. The summed E-state index contributed by atoms with van der Waals surface area (Å²) >= 11 is 0. The number of benzene rings is 1. The molecule has 1 aromatic heterocycles. The van der Waals surface area contributed by atoms with Gasteiger partial charge in [-0.2, -0.15) is 0 Å². The molecule has 0 amide bonds. The Balaban J connectivity index is 2.14. The van der Waals surface area contributed by atoms with E-state index in [2.05, 4.69) is 36.0 Å². The first-order valence-corrected chi connectivity index (χ1v) is 6.69. The maximum atomic E-state index is 5.60. The van der Waals surface area contributed by atoms with Crippen LogP contribution >= 0.6 is 0 Å². The van der Waals surface area contributed by atoms with Gasteiger partial charge in [0.25, 0.3) is 0 Å². The quantitative estimate of drug-likeness (QED) is 0.715. The summed E-state index contributed by atoms with van der Waals surface area (Å²) in [7, 11) is 0. The van der Waals surface area contributed by atoms with Gasteiger partial charge in [0.2, 0.25) is 5.89 Å². The largest absolute Gasteiger partial charge is 0.444 e. The summed E-state index contributed by atoms with van der Waals surface area (Å²) < 4.78 is 5.60. The van der Waals surface area contributed by atoms with Crippen LogP contribution in [-0.4, -0.2) is 23.0 Å². The highest BCUT2D eigenvalue weighted by molar-refractivity contribution is 5.58. The van der Waals surface area contributed by atoms with E-state index in [9.17, 15) is 0 Å². The van der Waals surface area contributed by atoms with Gasteiger partial charge in [-0.1, -0.05) is 30.4 Å². The monoisotopic (exact) mass is 268 g/mol. The van der Waals surface area contributed by atoms with E-state index in [-0.39, 0.29) is 0 Å². The third kappa shape index (κ3) is 3.45. The Hall–Kier alpha value is -2.13. The van der Waals surface area contributed by atoms with Crippen molar-refractivity contribution >= 4 is 0 Å². The summed E-state index contributed by atoms with van der Waals surface area (Å²) in [5, 5.41) is 0. The molecule has 1 aromatic carbocycles. The molecule has 20 heavy (non-hydrogen) atoms. The van der Waals surface area contributed by atoms with Crippen LogP contribution in [0.1, 0.15) is 11.3 Å². The molecule has 0 bridgehead atoms. The molecule has 0 aliphatic rings. The highest BCUT2D eigenvalue weighted by Crippen LogP contribution is 2.22. The predicted molar refractivity (Wildman–Crippen MR) is 82.3 cm³/mol. The van der Waals surface area contributed by atoms with Crippen molar-refractivity contribution in [3.8, 4) is 11.5 Å². The molecular formula is C17H20N2O. The molecule has 0 saturated heterocycles. The highest BCUT2D eigenvalue weighted by Gasteiger charge is 2.11. The lowest BCUT2D eigenvalue weighted by Crippen LogP contribution is -2.23. The Morgan fingerprint density at radius 1 is 1.20 bits per heavy atom. The molecule has 0 spiro atoms. The molecule has 0 atom stereocenters. The number of aryl methyl sites for hydroxylation is 1. The van der Waals surface area contributed by atoms with Gasteiger partial charge in [0.05, 0.1) is 5.69 Å². The van der Waals surface area contributed by atoms with Crippen LogP contribution in [-0.2, 0) is 6.54 Å². The fourth-order valence-electron chi connectivity index (χ4n) is 2.11. The smallest absolute Gasteiger partial charge is 0.226 e.